The van der Waals surface area contributed by atoms with Crippen LogP contribution >= 0.6 is 46.7 Å². The summed E-state index contributed by atoms with van der Waals surface area (Å²) in [5.74, 6) is -1.71. The third-order valence-electron chi connectivity index (χ3n) is 4.20. The maximum absolute atomic E-state index is 12.6. The molecule has 0 fully saturated rings. The van der Waals surface area contributed by atoms with Crippen molar-refractivity contribution >= 4 is 69.4 Å². The second-order valence-corrected chi connectivity index (χ2v) is 10.3. The molecule has 33 heavy (non-hydrogen) atoms. The minimum atomic E-state index is -0.690. The van der Waals surface area contributed by atoms with Gasteiger partial charge in [-0.1, -0.05) is 41.3 Å². The van der Waals surface area contributed by atoms with Gasteiger partial charge in [0.15, 0.2) is 8.29 Å². The molecule has 3 aromatic rings. The first-order valence-corrected chi connectivity index (χ1v) is 12.5. The lowest BCUT2D eigenvalue weighted by Gasteiger charge is -2.07. The van der Waals surface area contributed by atoms with E-state index >= 15 is 0 Å². The SMILES string of the molecule is COCCOC(=O)c1c(NC(=O)CSc2nn(-c3ccccc3)c(=S)s2)sc(C(N)=O)c1C. The topological polar surface area (TPSA) is 126 Å². The zero-order chi connectivity index (χ0) is 24.0. The molecule has 0 spiro atoms. The molecule has 0 saturated carbocycles. The summed E-state index contributed by atoms with van der Waals surface area (Å²) in [5, 5.41) is 7.35. The predicted octanol–water partition coefficient (Wildman–Crippen LogP) is 3.67. The molecule has 1 aromatic carbocycles. The molecule has 2 amide bonds. The Morgan fingerprint density at radius 1 is 1.21 bits per heavy atom. The van der Waals surface area contributed by atoms with Gasteiger partial charge in [-0.15, -0.1) is 16.4 Å². The lowest BCUT2D eigenvalue weighted by atomic mass is 10.1. The normalized spacial score (nSPS) is 10.7. The number of hydrogen-bond acceptors (Lipinski definition) is 10. The number of rotatable bonds is 10. The number of benzene rings is 1. The molecule has 0 aliphatic rings. The number of anilines is 1. The van der Waals surface area contributed by atoms with E-state index in [4.69, 9.17) is 27.4 Å². The summed E-state index contributed by atoms with van der Waals surface area (Å²) in [6, 6.07) is 9.45. The third kappa shape index (κ3) is 6.26. The van der Waals surface area contributed by atoms with Gasteiger partial charge in [0, 0.05) is 7.11 Å². The van der Waals surface area contributed by atoms with Gasteiger partial charge in [0.1, 0.15) is 11.6 Å². The first kappa shape index (κ1) is 25.1. The number of carbonyl (C=O) groups excluding carboxylic acids is 3. The van der Waals surface area contributed by atoms with Crippen LogP contribution < -0.4 is 11.1 Å². The number of methoxy groups -OCH3 is 1. The Hall–Kier alpha value is -2.58. The molecule has 3 rings (SSSR count). The molecule has 9 nitrogen and oxygen atoms in total. The predicted molar refractivity (Wildman–Crippen MR) is 131 cm³/mol. The molecule has 3 N–H and O–H groups in total. The van der Waals surface area contributed by atoms with Crippen LogP contribution in [-0.2, 0) is 14.3 Å². The summed E-state index contributed by atoms with van der Waals surface area (Å²) in [6.07, 6.45) is 0. The van der Waals surface area contributed by atoms with Crippen molar-refractivity contribution in [3.05, 3.63) is 50.3 Å². The summed E-state index contributed by atoms with van der Waals surface area (Å²) < 4.78 is 12.9. The molecule has 2 heterocycles. The summed E-state index contributed by atoms with van der Waals surface area (Å²) in [7, 11) is 1.48. The van der Waals surface area contributed by atoms with Crippen molar-refractivity contribution in [3.63, 3.8) is 0 Å². The van der Waals surface area contributed by atoms with Crippen LogP contribution in [0, 0.1) is 10.9 Å². The molecule has 0 aliphatic carbocycles. The average Bonchev–Trinajstić information content (AvgIpc) is 3.32. The standard InChI is InChI=1S/C20H20N4O5S4/c1-11-14(18(27)29-9-8-28-2)17(32-15(11)16(21)26)22-13(25)10-31-19-23-24(20(30)33-19)12-6-4-3-5-7-12/h3-7H,8-10H2,1-2H3,(H2,21,26)(H,22,25). The zero-order valence-corrected chi connectivity index (χ0v) is 20.9. The first-order chi connectivity index (χ1) is 15.8. The highest BCUT2D eigenvalue weighted by atomic mass is 32.2. The Labute approximate surface area is 206 Å². The van der Waals surface area contributed by atoms with E-state index in [2.05, 4.69) is 10.4 Å². The lowest BCUT2D eigenvalue weighted by molar-refractivity contribution is -0.113. The van der Waals surface area contributed by atoms with Gasteiger partial charge in [0.2, 0.25) is 5.91 Å². The number of aromatic nitrogens is 2. The number of thiophene rings is 1. The highest BCUT2D eigenvalue weighted by Crippen LogP contribution is 2.34. The Bertz CT molecular complexity index is 1220. The van der Waals surface area contributed by atoms with E-state index in [9.17, 15) is 14.4 Å². The van der Waals surface area contributed by atoms with E-state index < -0.39 is 11.9 Å². The second-order valence-electron chi connectivity index (χ2n) is 6.47. The van der Waals surface area contributed by atoms with Crippen LogP contribution in [0.25, 0.3) is 5.69 Å². The molecule has 174 valence electrons. The third-order valence-corrected chi connectivity index (χ3v) is 7.79. The molecule has 0 aliphatic heterocycles. The Morgan fingerprint density at radius 2 is 1.94 bits per heavy atom. The van der Waals surface area contributed by atoms with Crippen LogP contribution in [0.15, 0.2) is 34.7 Å². The number of nitrogens with two attached hydrogens (primary N) is 1. The first-order valence-electron chi connectivity index (χ1n) is 9.49. The van der Waals surface area contributed by atoms with Crippen molar-refractivity contribution in [2.75, 3.05) is 31.4 Å². The molecule has 0 bridgehead atoms. The molecule has 2 aromatic heterocycles. The number of amides is 2. The fraction of sp³-hybridized carbons (Fsp3) is 0.250. The van der Waals surface area contributed by atoms with Gasteiger partial charge in [0.25, 0.3) is 5.91 Å². The van der Waals surface area contributed by atoms with Crippen molar-refractivity contribution in [1.82, 2.24) is 9.78 Å². The van der Waals surface area contributed by atoms with Crippen LogP contribution in [0.5, 0.6) is 0 Å². The van der Waals surface area contributed by atoms with Crippen LogP contribution in [-0.4, -0.2) is 53.6 Å². The summed E-state index contributed by atoms with van der Waals surface area (Å²) >= 11 is 8.81. The van der Waals surface area contributed by atoms with Crippen molar-refractivity contribution in [1.29, 1.82) is 0 Å². The lowest BCUT2D eigenvalue weighted by Crippen LogP contribution is -2.17. The van der Waals surface area contributed by atoms with Crippen molar-refractivity contribution < 1.29 is 23.9 Å². The average molecular weight is 525 g/mol. The number of esters is 1. The fourth-order valence-corrected chi connectivity index (χ4v) is 5.94. The second kappa shape index (κ2) is 11.5. The number of primary amides is 1. The molecular formula is C20H20N4O5S4. The number of para-hydroxylation sites is 1. The van der Waals surface area contributed by atoms with Gasteiger partial charge in [-0.2, -0.15) is 0 Å². The minimum Gasteiger partial charge on any atom is -0.460 e. The van der Waals surface area contributed by atoms with Gasteiger partial charge < -0.3 is 20.5 Å². The quantitative estimate of drug-likeness (QED) is 0.178. The van der Waals surface area contributed by atoms with E-state index in [-0.39, 0.29) is 40.3 Å². The number of hydrogen-bond donors (Lipinski definition) is 2. The Kier molecular flexibility index (Phi) is 8.74. The van der Waals surface area contributed by atoms with Crippen LogP contribution in [0.3, 0.4) is 0 Å². The fourth-order valence-electron chi connectivity index (χ4n) is 2.71. The summed E-state index contributed by atoms with van der Waals surface area (Å²) in [5.41, 5.74) is 6.71. The highest BCUT2D eigenvalue weighted by molar-refractivity contribution is 8.01. The van der Waals surface area contributed by atoms with Crippen molar-refractivity contribution in [2.45, 2.75) is 11.3 Å². The Morgan fingerprint density at radius 3 is 2.61 bits per heavy atom. The number of thioether (sulfide) groups is 1. The number of carbonyl (C=O) groups is 3. The van der Waals surface area contributed by atoms with Gasteiger partial charge in [-0.05, 0) is 36.8 Å². The Balaban J connectivity index is 1.71. The van der Waals surface area contributed by atoms with Crippen LogP contribution in [0.1, 0.15) is 25.6 Å². The summed E-state index contributed by atoms with van der Waals surface area (Å²) in [4.78, 5) is 37.1. The molecule has 0 atom stereocenters. The number of nitrogens with zero attached hydrogens (tertiary/aromatic N) is 2. The zero-order valence-electron chi connectivity index (χ0n) is 17.7. The van der Waals surface area contributed by atoms with E-state index in [1.807, 2.05) is 30.3 Å². The van der Waals surface area contributed by atoms with Crippen molar-refractivity contribution in [2.24, 2.45) is 5.73 Å². The smallest absolute Gasteiger partial charge is 0.341 e. The number of nitrogens with one attached hydrogen (secondary N) is 1. The van der Waals surface area contributed by atoms with Gasteiger partial charge in [-0.3, -0.25) is 9.59 Å². The maximum atomic E-state index is 12.6. The number of ether oxygens (including phenoxy) is 2. The molecule has 0 unspecified atom stereocenters. The van der Waals surface area contributed by atoms with E-state index in [0.717, 1.165) is 17.0 Å². The molecular weight excluding hydrogens is 505 g/mol. The molecule has 0 saturated heterocycles. The van der Waals surface area contributed by atoms with Gasteiger partial charge in [-0.25, -0.2) is 9.48 Å². The summed E-state index contributed by atoms with van der Waals surface area (Å²) in [6.45, 7) is 1.84. The van der Waals surface area contributed by atoms with Crippen molar-refractivity contribution in [3.8, 4) is 5.69 Å². The van der Waals surface area contributed by atoms with Gasteiger partial charge >= 0.3 is 5.97 Å². The van der Waals surface area contributed by atoms with E-state index in [0.29, 0.717) is 13.9 Å². The van der Waals surface area contributed by atoms with Gasteiger partial charge in [0.05, 0.1) is 28.5 Å². The van der Waals surface area contributed by atoms with E-state index in [1.165, 1.54) is 30.2 Å². The monoisotopic (exact) mass is 524 g/mol. The van der Waals surface area contributed by atoms with Crippen LogP contribution in [0.2, 0.25) is 0 Å². The minimum absolute atomic E-state index is 0.0259. The maximum Gasteiger partial charge on any atom is 0.341 e. The molecule has 0 radical (unpaired) electrons. The highest BCUT2D eigenvalue weighted by Gasteiger charge is 2.26. The van der Waals surface area contributed by atoms with E-state index in [1.54, 1.807) is 11.6 Å². The largest absolute Gasteiger partial charge is 0.460 e. The molecule has 13 heteroatoms. The van der Waals surface area contributed by atoms with Crippen LogP contribution in [0.4, 0.5) is 5.00 Å².